The lowest BCUT2D eigenvalue weighted by Gasteiger charge is -2.35. The number of hydrogen-bond acceptors (Lipinski definition) is 6. The predicted octanol–water partition coefficient (Wildman–Crippen LogP) is 2.77. The van der Waals surface area contributed by atoms with Gasteiger partial charge in [0.2, 0.25) is 17.8 Å². The molecule has 6 heteroatoms. The molecule has 1 aromatic heterocycles. The minimum atomic E-state index is 0.00532. The van der Waals surface area contributed by atoms with Crippen molar-refractivity contribution in [2.45, 2.75) is 53.5 Å². The first-order valence-corrected chi connectivity index (χ1v) is 7.88. The molecule has 0 atom stereocenters. The Morgan fingerprint density at radius 3 is 2.00 bits per heavy atom. The lowest BCUT2D eigenvalue weighted by molar-refractivity contribution is 0.463. The number of anilines is 3. The van der Waals surface area contributed by atoms with Crippen LogP contribution in [0.3, 0.4) is 0 Å². The second-order valence-electron chi connectivity index (χ2n) is 5.69. The van der Waals surface area contributed by atoms with Crippen molar-refractivity contribution in [3.63, 3.8) is 0 Å². The maximum absolute atomic E-state index is 4.66. The van der Waals surface area contributed by atoms with Crippen LogP contribution in [0.1, 0.15) is 48.0 Å². The summed E-state index contributed by atoms with van der Waals surface area (Å²) >= 11 is 0. The third-order valence-electron chi connectivity index (χ3n) is 4.07. The Morgan fingerprint density at radius 2 is 1.52 bits per heavy atom. The van der Waals surface area contributed by atoms with Gasteiger partial charge in [0.1, 0.15) is 0 Å². The molecule has 0 fully saturated rings. The number of hydrogen-bond donors (Lipinski definition) is 1. The van der Waals surface area contributed by atoms with Gasteiger partial charge >= 0.3 is 0 Å². The van der Waals surface area contributed by atoms with E-state index in [1.54, 1.807) is 0 Å². The molecular weight excluding hydrogens is 264 g/mol. The molecule has 1 heterocycles. The predicted molar refractivity (Wildman–Crippen MR) is 90.3 cm³/mol. The van der Waals surface area contributed by atoms with Gasteiger partial charge in [-0.2, -0.15) is 15.0 Å². The van der Waals surface area contributed by atoms with Gasteiger partial charge < -0.3 is 15.1 Å². The van der Waals surface area contributed by atoms with Gasteiger partial charge in [-0.3, -0.25) is 0 Å². The third-order valence-corrected chi connectivity index (χ3v) is 4.07. The molecule has 1 aromatic rings. The summed E-state index contributed by atoms with van der Waals surface area (Å²) in [6.07, 6.45) is 1.02. The van der Waals surface area contributed by atoms with Gasteiger partial charge in [-0.05, 0) is 41.0 Å². The summed E-state index contributed by atoms with van der Waals surface area (Å²) in [6.45, 7) is 15.4. The summed E-state index contributed by atoms with van der Waals surface area (Å²) in [5, 5.41) is 3.20. The van der Waals surface area contributed by atoms with E-state index in [1.807, 2.05) is 14.0 Å². The van der Waals surface area contributed by atoms with Gasteiger partial charge in [0.15, 0.2) is 0 Å². The fraction of sp³-hybridized carbons (Fsp3) is 0.800. The van der Waals surface area contributed by atoms with Crippen LogP contribution in [0, 0.1) is 0 Å². The Kier molecular flexibility index (Phi) is 6.18. The van der Waals surface area contributed by atoms with Crippen LogP contribution < -0.4 is 15.1 Å². The van der Waals surface area contributed by atoms with Crippen LogP contribution in [0.2, 0.25) is 0 Å². The molecule has 6 nitrogen and oxygen atoms in total. The highest BCUT2D eigenvalue weighted by atomic mass is 15.4. The number of nitrogens with zero attached hydrogens (tertiary/aromatic N) is 5. The standard InChI is InChI=1S/C15H30N6/c1-8-15(5,6)20(7)13-17-12(16-9-2)18-14(19-13)21(10-3)11-4/h8-11H2,1-7H3,(H,16,17,18,19). The average Bonchev–Trinajstić information content (AvgIpc) is 2.48. The van der Waals surface area contributed by atoms with Crippen molar-refractivity contribution in [1.29, 1.82) is 0 Å². The zero-order chi connectivity index (χ0) is 16.0. The molecule has 0 saturated heterocycles. The maximum atomic E-state index is 4.66. The Morgan fingerprint density at radius 1 is 0.952 bits per heavy atom. The van der Waals surface area contributed by atoms with Crippen LogP contribution in [0.5, 0.6) is 0 Å². The highest BCUT2D eigenvalue weighted by Gasteiger charge is 2.25. The van der Waals surface area contributed by atoms with Crippen molar-refractivity contribution in [3.05, 3.63) is 0 Å². The first-order valence-electron chi connectivity index (χ1n) is 7.88. The zero-order valence-corrected chi connectivity index (χ0v) is 14.6. The summed E-state index contributed by atoms with van der Waals surface area (Å²) in [4.78, 5) is 18.0. The first kappa shape index (κ1) is 17.5. The van der Waals surface area contributed by atoms with Gasteiger partial charge in [-0.25, -0.2) is 0 Å². The molecule has 120 valence electrons. The Bertz CT molecular complexity index is 442. The van der Waals surface area contributed by atoms with E-state index in [1.165, 1.54) is 0 Å². The first-order chi connectivity index (χ1) is 9.89. The fourth-order valence-electron chi connectivity index (χ4n) is 1.90. The number of nitrogens with one attached hydrogen (secondary N) is 1. The molecule has 0 radical (unpaired) electrons. The molecule has 0 bridgehead atoms. The summed E-state index contributed by atoms with van der Waals surface area (Å²) in [7, 11) is 2.04. The Labute approximate surface area is 129 Å². The topological polar surface area (TPSA) is 57.2 Å². The lowest BCUT2D eigenvalue weighted by Crippen LogP contribution is -2.42. The van der Waals surface area contributed by atoms with E-state index in [2.05, 4.69) is 64.7 Å². The van der Waals surface area contributed by atoms with Crippen LogP contribution >= 0.6 is 0 Å². The third kappa shape index (κ3) is 4.19. The molecule has 0 amide bonds. The summed E-state index contributed by atoms with van der Waals surface area (Å²) < 4.78 is 0. The monoisotopic (exact) mass is 294 g/mol. The highest BCUT2D eigenvalue weighted by molar-refractivity contribution is 5.46. The van der Waals surface area contributed by atoms with Gasteiger partial charge in [0.25, 0.3) is 0 Å². The highest BCUT2D eigenvalue weighted by Crippen LogP contribution is 2.24. The van der Waals surface area contributed by atoms with E-state index in [0.29, 0.717) is 5.95 Å². The second-order valence-corrected chi connectivity index (χ2v) is 5.69. The molecule has 1 N–H and O–H groups in total. The van der Waals surface area contributed by atoms with E-state index in [4.69, 9.17) is 0 Å². The SMILES string of the molecule is CCNc1nc(N(CC)CC)nc(N(C)C(C)(C)CC)n1. The van der Waals surface area contributed by atoms with Crippen LogP contribution in [0.4, 0.5) is 17.8 Å². The largest absolute Gasteiger partial charge is 0.354 e. The number of aromatic nitrogens is 3. The number of rotatable bonds is 8. The van der Waals surface area contributed by atoms with Crippen molar-refractivity contribution >= 4 is 17.8 Å². The summed E-state index contributed by atoms with van der Waals surface area (Å²) in [6, 6.07) is 0. The lowest BCUT2D eigenvalue weighted by atomic mass is 10.0. The Hall–Kier alpha value is -1.59. The minimum absolute atomic E-state index is 0.00532. The van der Waals surface area contributed by atoms with Crippen LogP contribution in [-0.4, -0.2) is 47.2 Å². The molecule has 0 aliphatic heterocycles. The summed E-state index contributed by atoms with van der Waals surface area (Å²) in [5.41, 5.74) is 0.00532. The van der Waals surface area contributed by atoms with Crippen molar-refractivity contribution < 1.29 is 0 Å². The van der Waals surface area contributed by atoms with Crippen molar-refractivity contribution in [3.8, 4) is 0 Å². The van der Waals surface area contributed by atoms with E-state index in [0.717, 1.165) is 38.0 Å². The van der Waals surface area contributed by atoms with Gasteiger partial charge in [0, 0.05) is 32.2 Å². The molecule has 0 saturated carbocycles. The van der Waals surface area contributed by atoms with Gasteiger partial charge in [-0.1, -0.05) is 6.92 Å². The van der Waals surface area contributed by atoms with Crippen LogP contribution in [0.15, 0.2) is 0 Å². The van der Waals surface area contributed by atoms with E-state index in [-0.39, 0.29) is 5.54 Å². The molecule has 1 rings (SSSR count). The van der Waals surface area contributed by atoms with E-state index >= 15 is 0 Å². The zero-order valence-electron chi connectivity index (χ0n) is 14.6. The molecule has 0 aliphatic rings. The molecule has 0 aliphatic carbocycles. The Balaban J connectivity index is 3.24. The molecule has 0 spiro atoms. The van der Waals surface area contributed by atoms with Gasteiger partial charge in [0.05, 0.1) is 0 Å². The summed E-state index contributed by atoms with van der Waals surface area (Å²) in [5.74, 6) is 2.09. The molecule has 21 heavy (non-hydrogen) atoms. The smallest absolute Gasteiger partial charge is 0.232 e. The second kappa shape index (κ2) is 7.43. The van der Waals surface area contributed by atoms with Gasteiger partial charge in [-0.15, -0.1) is 0 Å². The minimum Gasteiger partial charge on any atom is -0.354 e. The molecular formula is C15H30N6. The average molecular weight is 294 g/mol. The van der Waals surface area contributed by atoms with Crippen LogP contribution in [0.25, 0.3) is 0 Å². The molecule has 0 aromatic carbocycles. The van der Waals surface area contributed by atoms with Crippen LogP contribution in [-0.2, 0) is 0 Å². The normalized spacial score (nSPS) is 11.4. The van der Waals surface area contributed by atoms with Crippen molar-refractivity contribution in [2.24, 2.45) is 0 Å². The quantitative estimate of drug-likeness (QED) is 0.795. The van der Waals surface area contributed by atoms with E-state index < -0.39 is 0 Å². The van der Waals surface area contributed by atoms with Crippen molar-refractivity contribution in [1.82, 2.24) is 15.0 Å². The van der Waals surface area contributed by atoms with E-state index in [9.17, 15) is 0 Å². The molecule has 0 unspecified atom stereocenters. The van der Waals surface area contributed by atoms with Crippen molar-refractivity contribution in [2.75, 3.05) is 41.8 Å². The fourth-order valence-corrected chi connectivity index (χ4v) is 1.90. The maximum Gasteiger partial charge on any atom is 0.232 e.